The highest BCUT2D eigenvalue weighted by Crippen LogP contribution is 2.25. The zero-order valence-corrected chi connectivity index (χ0v) is 15.5. The Kier molecular flexibility index (Phi) is 5.88. The van der Waals surface area contributed by atoms with E-state index in [0.717, 1.165) is 17.7 Å². The number of amides is 1. The van der Waals surface area contributed by atoms with Gasteiger partial charge in [0.05, 0.1) is 4.90 Å². The van der Waals surface area contributed by atoms with E-state index in [2.05, 4.69) is 4.72 Å². The highest BCUT2D eigenvalue weighted by Gasteiger charge is 2.31. The Balaban J connectivity index is 1.64. The van der Waals surface area contributed by atoms with Crippen molar-refractivity contribution in [2.45, 2.75) is 29.8 Å². The van der Waals surface area contributed by atoms with Gasteiger partial charge >= 0.3 is 0 Å². The molecule has 0 saturated carbocycles. The van der Waals surface area contributed by atoms with E-state index in [0.29, 0.717) is 25.9 Å². The van der Waals surface area contributed by atoms with Crippen molar-refractivity contribution in [2.24, 2.45) is 5.73 Å². The van der Waals surface area contributed by atoms with Gasteiger partial charge in [-0.3, -0.25) is 9.69 Å². The monoisotopic (exact) mass is 391 g/mol. The van der Waals surface area contributed by atoms with Crippen LogP contribution in [0.4, 0.5) is 4.39 Å². The van der Waals surface area contributed by atoms with Crippen LogP contribution in [0.15, 0.2) is 59.5 Å². The van der Waals surface area contributed by atoms with Gasteiger partial charge in [-0.05, 0) is 42.7 Å². The van der Waals surface area contributed by atoms with Crippen molar-refractivity contribution in [1.82, 2.24) is 9.62 Å². The zero-order valence-electron chi connectivity index (χ0n) is 14.7. The molecule has 0 spiro atoms. The highest BCUT2D eigenvalue weighted by atomic mass is 32.2. The number of carbonyl (C=O) groups is 1. The predicted molar refractivity (Wildman–Crippen MR) is 99.7 cm³/mol. The van der Waals surface area contributed by atoms with Crippen LogP contribution in [-0.2, 0) is 14.8 Å². The number of hydrogen-bond acceptors (Lipinski definition) is 4. The van der Waals surface area contributed by atoms with E-state index >= 15 is 0 Å². The summed E-state index contributed by atoms with van der Waals surface area (Å²) in [5, 5.41) is 0. The van der Waals surface area contributed by atoms with Crippen LogP contribution in [0.5, 0.6) is 0 Å². The van der Waals surface area contributed by atoms with Gasteiger partial charge in [-0.1, -0.05) is 30.3 Å². The Morgan fingerprint density at radius 1 is 1.07 bits per heavy atom. The minimum atomic E-state index is -3.71. The topological polar surface area (TPSA) is 92.5 Å². The molecule has 3 N–H and O–H groups in total. The quantitative estimate of drug-likeness (QED) is 0.785. The van der Waals surface area contributed by atoms with Crippen LogP contribution in [0.25, 0.3) is 0 Å². The summed E-state index contributed by atoms with van der Waals surface area (Å²) in [6, 6.07) is 13.3. The van der Waals surface area contributed by atoms with Crippen LogP contribution in [0.3, 0.4) is 0 Å². The molecule has 0 bridgehead atoms. The molecule has 8 heteroatoms. The number of likely N-dealkylation sites (tertiary alicyclic amines) is 1. The first-order chi connectivity index (χ1) is 12.9. The summed E-state index contributed by atoms with van der Waals surface area (Å²) in [5.74, 6) is -0.910. The number of primary amides is 1. The number of carbonyl (C=O) groups excluding carboxylic acids is 1. The minimum absolute atomic E-state index is 0.0330. The van der Waals surface area contributed by atoms with Crippen LogP contribution in [0, 0.1) is 5.82 Å². The Bertz CT molecular complexity index is 880. The smallest absolute Gasteiger partial charge is 0.240 e. The Hall–Kier alpha value is -2.29. The molecule has 1 saturated heterocycles. The largest absolute Gasteiger partial charge is 0.368 e. The molecule has 2 aromatic carbocycles. The van der Waals surface area contributed by atoms with E-state index in [4.69, 9.17) is 5.73 Å². The number of nitrogens with two attached hydrogens (primary N) is 1. The maximum absolute atomic E-state index is 13.0. The number of sulfonamides is 1. The Morgan fingerprint density at radius 2 is 1.67 bits per heavy atom. The van der Waals surface area contributed by atoms with Gasteiger partial charge in [0.15, 0.2) is 0 Å². The van der Waals surface area contributed by atoms with Crippen molar-refractivity contribution in [2.75, 3.05) is 13.1 Å². The molecule has 1 aliphatic heterocycles. The van der Waals surface area contributed by atoms with Gasteiger partial charge in [-0.25, -0.2) is 17.5 Å². The number of benzene rings is 2. The summed E-state index contributed by atoms with van der Waals surface area (Å²) in [6.45, 7) is 1.08. The third-order valence-electron chi connectivity index (χ3n) is 4.73. The van der Waals surface area contributed by atoms with E-state index in [-0.39, 0.29) is 10.9 Å². The fourth-order valence-electron chi connectivity index (χ4n) is 3.37. The molecule has 0 aliphatic carbocycles. The van der Waals surface area contributed by atoms with Crippen LogP contribution in [-0.4, -0.2) is 38.4 Å². The van der Waals surface area contributed by atoms with Crippen molar-refractivity contribution in [3.8, 4) is 0 Å². The molecule has 0 radical (unpaired) electrons. The van der Waals surface area contributed by atoms with Crippen LogP contribution >= 0.6 is 0 Å². The number of halogens is 1. The Labute approximate surface area is 158 Å². The van der Waals surface area contributed by atoms with E-state index in [1.165, 1.54) is 12.1 Å². The summed E-state index contributed by atoms with van der Waals surface area (Å²) in [7, 11) is -3.71. The normalized spacial score (nSPS) is 17.5. The van der Waals surface area contributed by atoms with Crippen molar-refractivity contribution in [3.05, 3.63) is 66.0 Å². The predicted octanol–water partition coefficient (Wildman–Crippen LogP) is 1.79. The molecule has 1 aliphatic rings. The van der Waals surface area contributed by atoms with Crippen molar-refractivity contribution >= 4 is 15.9 Å². The van der Waals surface area contributed by atoms with Gasteiger partial charge < -0.3 is 5.73 Å². The SMILES string of the molecule is NC(=O)C(c1ccccc1)N1CCC(NS(=O)(=O)c2ccc(F)cc2)CC1. The molecular weight excluding hydrogens is 369 g/mol. The first kappa shape index (κ1) is 19.5. The molecule has 1 fully saturated rings. The van der Waals surface area contributed by atoms with Crippen LogP contribution < -0.4 is 10.5 Å². The average molecular weight is 391 g/mol. The first-order valence-electron chi connectivity index (χ1n) is 8.73. The average Bonchev–Trinajstić information content (AvgIpc) is 2.64. The van der Waals surface area contributed by atoms with Gasteiger partial charge in [-0.15, -0.1) is 0 Å². The molecule has 27 heavy (non-hydrogen) atoms. The summed E-state index contributed by atoms with van der Waals surface area (Å²) < 4.78 is 40.5. The molecule has 3 rings (SSSR count). The van der Waals surface area contributed by atoms with E-state index in [9.17, 15) is 17.6 Å². The molecule has 6 nitrogen and oxygen atoms in total. The first-order valence-corrected chi connectivity index (χ1v) is 10.2. The minimum Gasteiger partial charge on any atom is -0.368 e. The number of hydrogen-bond donors (Lipinski definition) is 2. The fraction of sp³-hybridized carbons (Fsp3) is 0.316. The molecule has 1 heterocycles. The number of nitrogens with zero attached hydrogens (tertiary/aromatic N) is 1. The molecule has 1 unspecified atom stereocenters. The molecule has 0 aromatic heterocycles. The third kappa shape index (κ3) is 4.71. The van der Waals surface area contributed by atoms with E-state index < -0.39 is 27.8 Å². The molecule has 144 valence electrons. The Morgan fingerprint density at radius 3 is 2.22 bits per heavy atom. The van der Waals surface area contributed by atoms with E-state index in [1.807, 2.05) is 35.2 Å². The molecule has 1 atom stereocenters. The lowest BCUT2D eigenvalue weighted by atomic mass is 9.99. The van der Waals surface area contributed by atoms with Crippen molar-refractivity contribution in [3.63, 3.8) is 0 Å². The number of piperidine rings is 1. The summed E-state index contributed by atoms with van der Waals surface area (Å²) in [6.07, 6.45) is 1.11. The van der Waals surface area contributed by atoms with Crippen molar-refractivity contribution in [1.29, 1.82) is 0 Å². The summed E-state index contributed by atoms with van der Waals surface area (Å²) in [4.78, 5) is 14.0. The summed E-state index contributed by atoms with van der Waals surface area (Å²) in [5.41, 5.74) is 6.43. The lowest BCUT2D eigenvalue weighted by Gasteiger charge is -2.36. The molecule has 1 amide bonds. The number of nitrogens with one attached hydrogen (secondary N) is 1. The number of rotatable bonds is 6. The summed E-state index contributed by atoms with van der Waals surface area (Å²) >= 11 is 0. The molecular formula is C19H22FN3O3S. The van der Waals surface area contributed by atoms with Gasteiger partial charge in [0, 0.05) is 19.1 Å². The van der Waals surface area contributed by atoms with Crippen LogP contribution in [0.2, 0.25) is 0 Å². The fourth-order valence-corrected chi connectivity index (χ4v) is 4.67. The van der Waals surface area contributed by atoms with E-state index in [1.54, 1.807) is 0 Å². The maximum atomic E-state index is 13.0. The van der Waals surface area contributed by atoms with Gasteiger partial charge in [0.25, 0.3) is 0 Å². The van der Waals surface area contributed by atoms with Gasteiger partial charge in [-0.2, -0.15) is 0 Å². The van der Waals surface area contributed by atoms with Crippen LogP contribution in [0.1, 0.15) is 24.4 Å². The lowest BCUT2D eigenvalue weighted by Crippen LogP contribution is -2.48. The highest BCUT2D eigenvalue weighted by molar-refractivity contribution is 7.89. The zero-order chi connectivity index (χ0) is 19.4. The maximum Gasteiger partial charge on any atom is 0.240 e. The second kappa shape index (κ2) is 8.16. The lowest BCUT2D eigenvalue weighted by molar-refractivity contribution is -0.124. The molecule has 2 aromatic rings. The van der Waals surface area contributed by atoms with Crippen molar-refractivity contribution < 1.29 is 17.6 Å². The van der Waals surface area contributed by atoms with Gasteiger partial charge in [0.2, 0.25) is 15.9 Å². The second-order valence-corrected chi connectivity index (χ2v) is 8.32. The third-order valence-corrected chi connectivity index (χ3v) is 6.26. The standard InChI is InChI=1S/C19H22FN3O3S/c20-15-6-8-17(9-7-15)27(25,26)22-16-10-12-23(13-11-16)18(19(21)24)14-4-2-1-3-5-14/h1-9,16,18,22H,10-13H2,(H2,21,24). The van der Waals surface area contributed by atoms with Gasteiger partial charge in [0.1, 0.15) is 11.9 Å². The second-order valence-electron chi connectivity index (χ2n) is 6.60.